The van der Waals surface area contributed by atoms with Gasteiger partial charge in [0.05, 0.1) is 5.57 Å². The maximum atomic E-state index is 13.2. The third-order valence-corrected chi connectivity index (χ3v) is 6.38. The molecule has 1 aliphatic rings. The van der Waals surface area contributed by atoms with Crippen molar-refractivity contribution in [1.29, 1.82) is 0 Å². The van der Waals surface area contributed by atoms with Gasteiger partial charge in [0.1, 0.15) is 6.04 Å². The number of thiophene rings is 1. The van der Waals surface area contributed by atoms with Crippen molar-refractivity contribution in [3.8, 4) is 0 Å². The molecule has 1 amide bonds. The van der Waals surface area contributed by atoms with Crippen LogP contribution in [0.1, 0.15) is 28.5 Å². The van der Waals surface area contributed by atoms with E-state index in [9.17, 15) is 14.7 Å². The van der Waals surface area contributed by atoms with Crippen molar-refractivity contribution in [2.75, 3.05) is 4.90 Å². The molecule has 1 unspecified atom stereocenters. The first kappa shape index (κ1) is 20.4. The molecule has 2 heterocycles. The fourth-order valence-electron chi connectivity index (χ4n) is 3.78. The number of hydrogen-bond donors (Lipinski definition) is 1. The third-order valence-electron chi connectivity index (χ3n) is 5.22. The summed E-state index contributed by atoms with van der Waals surface area (Å²) in [5.41, 5.74) is 2.62. The summed E-state index contributed by atoms with van der Waals surface area (Å²) in [6.07, 6.45) is 0.758. The van der Waals surface area contributed by atoms with Crippen molar-refractivity contribution in [3.05, 3.63) is 98.4 Å². The number of carbonyl (C=O) groups is 2. The van der Waals surface area contributed by atoms with E-state index in [4.69, 9.17) is 11.6 Å². The van der Waals surface area contributed by atoms with E-state index in [2.05, 4.69) is 0 Å². The van der Waals surface area contributed by atoms with Crippen LogP contribution in [0.3, 0.4) is 0 Å². The van der Waals surface area contributed by atoms with Crippen LogP contribution in [0, 0.1) is 6.92 Å². The SMILES string of the molecule is Cc1cc(Cl)ccc1N1C(=O)C(O)=C(C(=O)CCc2ccccc2)C1c1cccs1. The van der Waals surface area contributed by atoms with Crippen LogP contribution in [0.2, 0.25) is 5.02 Å². The maximum absolute atomic E-state index is 13.2. The van der Waals surface area contributed by atoms with Crippen molar-refractivity contribution in [3.63, 3.8) is 0 Å². The number of Topliss-reactive ketones (excluding diaryl/α,β-unsaturated/α-hetero) is 1. The zero-order valence-electron chi connectivity index (χ0n) is 16.3. The number of ketones is 1. The molecule has 0 bridgehead atoms. The van der Waals surface area contributed by atoms with Crippen LogP contribution in [0.4, 0.5) is 5.69 Å². The highest BCUT2D eigenvalue weighted by Crippen LogP contribution is 2.44. The van der Waals surface area contributed by atoms with E-state index in [-0.39, 0.29) is 17.8 Å². The number of hydrogen-bond acceptors (Lipinski definition) is 4. The monoisotopic (exact) mass is 437 g/mol. The Balaban J connectivity index is 1.71. The second kappa shape index (κ2) is 8.46. The molecule has 6 heteroatoms. The van der Waals surface area contributed by atoms with E-state index in [0.717, 1.165) is 16.0 Å². The van der Waals surface area contributed by atoms with E-state index in [1.165, 1.54) is 16.2 Å². The molecule has 2 aromatic carbocycles. The Morgan fingerprint density at radius 1 is 1.13 bits per heavy atom. The molecule has 3 aromatic rings. The van der Waals surface area contributed by atoms with E-state index in [0.29, 0.717) is 17.1 Å². The molecule has 1 aromatic heterocycles. The van der Waals surface area contributed by atoms with Gasteiger partial charge in [0.2, 0.25) is 0 Å². The van der Waals surface area contributed by atoms with E-state index in [1.807, 2.05) is 54.8 Å². The maximum Gasteiger partial charge on any atom is 0.294 e. The lowest BCUT2D eigenvalue weighted by Gasteiger charge is -2.27. The first-order valence-corrected chi connectivity index (χ1v) is 10.9. The second-order valence-corrected chi connectivity index (χ2v) is 8.61. The summed E-state index contributed by atoms with van der Waals surface area (Å²) in [5, 5.41) is 13.2. The number of anilines is 1. The Morgan fingerprint density at radius 2 is 1.90 bits per heavy atom. The first-order chi connectivity index (χ1) is 14.5. The van der Waals surface area contributed by atoms with Crippen molar-refractivity contribution < 1.29 is 14.7 Å². The summed E-state index contributed by atoms with van der Waals surface area (Å²) >= 11 is 7.54. The van der Waals surface area contributed by atoms with Gasteiger partial charge in [-0.15, -0.1) is 11.3 Å². The van der Waals surface area contributed by atoms with E-state index >= 15 is 0 Å². The Hall–Kier alpha value is -2.89. The van der Waals surface area contributed by atoms with Crippen molar-refractivity contribution in [1.82, 2.24) is 0 Å². The first-order valence-electron chi connectivity index (χ1n) is 9.60. The van der Waals surface area contributed by atoms with Gasteiger partial charge in [-0.25, -0.2) is 0 Å². The molecule has 152 valence electrons. The normalized spacial score (nSPS) is 16.4. The smallest absolute Gasteiger partial charge is 0.294 e. The van der Waals surface area contributed by atoms with Crippen LogP contribution >= 0.6 is 22.9 Å². The molecule has 1 aliphatic heterocycles. The zero-order valence-corrected chi connectivity index (χ0v) is 17.9. The number of aliphatic hydroxyl groups excluding tert-OH is 1. The number of aryl methyl sites for hydroxylation is 2. The minimum absolute atomic E-state index is 0.160. The zero-order chi connectivity index (χ0) is 21.3. The number of amides is 1. The lowest BCUT2D eigenvalue weighted by Crippen LogP contribution is -2.31. The van der Waals surface area contributed by atoms with Gasteiger partial charge in [-0.2, -0.15) is 0 Å². The molecule has 0 aliphatic carbocycles. The van der Waals surface area contributed by atoms with Crippen LogP contribution in [0.15, 0.2) is 77.4 Å². The van der Waals surface area contributed by atoms with Crippen molar-refractivity contribution >= 4 is 40.3 Å². The predicted octanol–water partition coefficient (Wildman–Crippen LogP) is 5.81. The largest absolute Gasteiger partial charge is 0.503 e. The topological polar surface area (TPSA) is 57.6 Å². The highest BCUT2D eigenvalue weighted by Gasteiger charge is 2.44. The highest BCUT2D eigenvalue weighted by molar-refractivity contribution is 7.10. The molecule has 30 heavy (non-hydrogen) atoms. The quantitative estimate of drug-likeness (QED) is 0.529. The number of rotatable bonds is 6. The van der Waals surface area contributed by atoms with Crippen molar-refractivity contribution in [2.24, 2.45) is 0 Å². The average molecular weight is 438 g/mol. The van der Waals surface area contributed by atoms with Gasteiger partial charge < -0.3 is 5.11 Å². The predicted molar refractivity (Wildman–Crippen MR) is 120 cm³/mol. The molecular weight excluding hydrogens is 418 g/mol. The number of carbonyl (C=O) groups excluding carboxylic acids is 2. The summed E-state index contributed by atoms with van der Waals surface area (Å²) in [7, 11) is 0. The third kappa shape index (κ3) is 3.78. The Bertz CT molecular complexity index is 1120. The fraction of sp³-hybridized carbons (Fsp3) is 0.167. The van der Waals surface area contributed by atoms with Gasteiger partial charge >= 0.3 is 0 Å². The molecule has 1 atom stereocenters. The number of aliphatic hydroxyl groups is 1. The standard InChI is InChI=1S/C24H20ClNO3S/c1-15-14-17(25)10-11-18(15)26-22(20-8-5-13-30-20)21(23(28)24(26)29)19(27)12-9-16-6-3-2-4-7-16/h2-8,10-11,13-14,22,28H,9,12H2,1H3. The molecule has 0 fully saturated rings. The molecule has 1 N–H and O–H groups in total. The van der Waals surface area contributed by atoms with Gasteiger partial charge in [0.15, 0.2) is 11.5 Å². The van der Waals surface area contributed by atoms with E-state index in [1.54, 1.807) is 18.2 Å². The highest BCUT2D eigenvalue weighted by atomic mass is 35.5. The van der Waals surface area contributed by atoms with Gasteiger partial charge in [-0.1, -0.05) is 48.0 Å². The summed E-state index contributed by atoms with van der Waals surface area (Å²) in [6, 6.07) is 18.0. The Labute approximate surface area is 184 Å². The van der Waals surface area contributed by atoms with Crippen LogP contribution in [0.25, 0.3) is 0 Å². The molecular formula is C24H20ClNO3S. The average Bonchev–Trinajstić information content (AvgIpc) is 3.35. The summed E-state index contributed by atoms with van der Waals surface area (Å²) in [4.78, 5) is 28.6. The van der Waals surface area contributed by atoms with E-state index < -0.39 is 17.7 Å². The minimum atomic E-state index is -0.652. The Kier molecular flexibility index (Phi) is 5.75. The number of benzene rings is 2. The summed E-state index contributed by atoms with van der Waals surface area (Å²) in [6.45, 7) is 1.85. The molecule has 0 radical (unpaired) electrons. The molecule has 0 spiro atoms. The summed E-state index contributed by atoms with van der Waals surface area (Å²) in [5.74, 6) is -1.26. The molecule has 4 nitrogen and oxygen atoms in total. The minimum Gasteiger partial charge on any atom is -0.503 e. The Morgan fingerprint density at radius 3 is 2.57 bits per heavy atom. The number of nitrogens with zero attached hydrogens (tertiary/aromatic N) is 1. The molecule has 0 saturated heterocycles. The second-order valence-electron chi connectivity index (χ2n) is 7.19. The van der Waals surface area contributed by atoms with Gasteiger partial charge in [-0.3, -0.25) is 14.5 Å². The van der Waals surface area contributed by atoms with Crippen LogP contribution in [-0.2, 0) is 16.0 Å². The lowest BCUT2D eigenvalue weighted by molar-refractivity contribution is -0.118. The van der Waals surface area contributed by atoms with Gasteiger partial charge in [-0.05, 0) is 54.1 Å². The van der Waals surface area contributed by atoms with Gasteiger partial charge in [0.25, 0.3) is 5.91 Å². The molecule has 4 rings (SSSR count). The number of halogens is 1. The van der Waals surface area contributed by atoms with Gasteiger partial charge in [0, 0.05) is 22.0 Å². The van der Waals surface area contributed by atoms with Crippen LogP contribution in [-0.4, -0.2) is 16.8 Å². The van der Waals surface area contributed by atoms with Crippen LogP contribution < -0.4 is 4.90 Å². The van der Waals surface area contributed by atoms with Crippen molar-refractivity contribution in [2.45, 2.75) is 25.8 Å². The summed E-state index contributed by atoms with van der Waals surface area (Å²) < 4.78 is 0. The lowest BCUT2D eigenvalue weighted by atomic mass is 9.96. The molecule has 0 saturated carbocycles. The van der Waals surface area contributed by atoms with Crippen LogP contribution in [0.5, 0.6) is 0 Å². The fourth-order valence-corrected chi connectivity index (χ4v) is 4.83.